The topological polar surface area (TPSA) is 29.1 Å². The Morgan fingerprint density at radius 1 is 1.29 bits per heavy atom. The summed E-state index contributed by atoms with van der Waals surface area (Å²) in [7, 11) is 0. The third-order valence-electron chi connectivity index (χ3n) is 2.78. The molecule has 4 heteroatoms. The number of nitrogens with one attached hydrogen (secondary N) is 1. The number of carbonyl (C=O) groups is 1. The van der Waals surface area contributed by atoms with Crippen molar-refractivity contribution in [3.63, 3.8) is 0 Å². The summed E-state index contributed by atoms with van der Waals surface area (Å²) in [6, 6.07) is 5.85. The second-order valence-corrected chi connectivity index (χ2v) is 5.85. The normalized spacial score (nSPS) is 19.1. The Kier molecular flexibility index (Phi) is 4.40. The molecule has 1 amide bonds. The van der Waals surface area contributed by atoms with Crippen LogP contribution < -0.4 is 5.32 Å². The molecule has 0 saturated carbocycles. The van der Waals surface area contributed by atoms with Crippen molar-refractivity contribution in [2.45, 2.75) is 25.3 Å². The third kappa shape index (κ3) is 3.42. The molecule has 0 aliphatic heterocycles. The average molecular weight is 359 g/mol. The van der Waals surface area contributed by atoms with Gasteiger partial charge in [-0.1, -0.05) is 28.1 Å². The lowest BCUT2D eigenvalue weighted by molar-refractivity contribution is 0.0934. The quantitative estimate of drug-likeness (QED) is 0.794. The van der Waals surface area contributed by atoms with E-state index >= 15 is 0 Å². The van der Waals surface area contributed by atoms with Gasteiger partial charge in [0, 0.05) is 15.0 Å². The Morgan fingerprint density at radius 2 is 2.12 bits per heavy atom. The van der Waals surface area contributed by atoms with Crippen LogP contribution >= 0.6 is 31.9 Å². The van der Waals surface area contributed by atoms with Crippen molar-refractivity contribution >= 4 is 37.8 Å². The van der Waals surface area contributed by atoms with E-state index in [0.717, 1.165) is 28.2 Å². The van der Waals surface area contributed by atoms with E-state index < -0.39 is 0 Å². The average Bonchev–Trinajstić information content (AvgIpc) is 2.30. The zero-order valence-corrected chi connectivity index (χ0v) is 12.4. The van der Waals surface area contributed by atoms with Gasteiger partial charge in [-0.3, -0.25) is 4.79 Å². The molecule has 1 atom stereocenters. The highest BCUT2D eigenvalue weighted by molar-refractivity contribution is 9.11. The molecule has 2 rings (SSSR count). The number of hydrogen-bond acceptors (Lipinski definition) is 1. The van der Waals surface area contributed by atoms with Gasteiger partial charge in [-0.2, -0.15) is 0 Å². The molecular formula is C13H13Br2NO. The molecule has 1 aliphatic rings. The van der Waals surface area contributed by atoms with Crippen molar-refractivity contribution in [1.82, 2.24) is 5.32 Å². The Morgan fingerprint density at radius 3 is 2.76 bits per heavy atom. The fourth-order valence-electron chi connectivity index (χ4n) is 1.86. The molecule has 1 N–H and O–H groups in total. The maximum atomic E-state index is 12.1. The number of amides is 1. The maximum absolute atomic E-state index is 12.1. The van der Waals surface area contributed by atoms with E-state index in [-0.39, 0.29) is 11.9 Å². The standard InChI is InChI=1S/C13H13Br2NO/c14-9-6-7-11(12(15)8-9)13(17)16-10-4-2-1-3-5-10/h1-2,6-8,10H,3-5H2,(H,16,17). The summed E-state index contributed by atoms with van der Waals surface area (Å²) in [4.78, 5) is 12.1. The molecule has 17 heavy (non-hydrogen) atoms. The molecule has 90 valence electrons. The Balaban J connectivity index is 2.06. The Labute approximate surface area is 118 Å². The van der Waals surface area contributed by atoms with E-state index in [1.165, 1.54) is 0 Å². The van der Waals surface area contributed by atoms with E-state index in [0.29, 0.717) is 5.56 Å². The number of halogens is 2. The van der Waals surface area contributed by atoms with Gasteiger partial charge in [-0.05, 0) is 53.4 Å². The van der Waals surface area contributed by atoms with Crippen LogP contribution in [0.25, 0.3) is 0 Å². The van der Waals surface area contributed by atoms with Crippen molar-refractivity contribution < 1.29 is 4.79 Å². The lowest BCUT2D eigenvalue weighted by Gasteiger charge is -2.19. The first-order valence-electron chi connectivity index (χ1n) is 5.58. The molecule has 1 aliphatic carbocycles. The minimum Gasteiger partial charge on any atom is -0.349 e. The monoisotopic (exact) mass is 357 g/mol. The first kappa shape index (κ1) is 12.8. The number of allylic oxidation sites excluding steroid dienone is 1. The summed E-state index contributed by atoms with van der Waals surface area (Å²) in [6.07, 6.45) is 7.30. The van der Waals surface area contributed by atoms with Gasteiger partial charge in [-0.25, -0.2) is 0 Å². The third-order valence-corrected chi connectivity index (χ3v) is 3.93. The first-order chi connectivity index (χ1) is 8.16. The smallest absolute Gasteiger partial charge is 0.252 e. The summed E-state index contributed by atoms with van der Waals surface area (Å²) >= 11 is 6.78. The highest BCUT2D eigenvalue weighted by Gasteiger charge is 2.16. The molecular weight excluding hydrogens is 346 g/mol. The lowest BCUT2D eigenvalue weighted by atomic mass is 10.0. The Bertz CT molecular complexity index is 457. The van der Waals surface area contributed by atoms with Crippen LogP contribution in [0.4, 0.5) is 0 Å². The summed E-state index contributed by atoms with van der Waals surface area (Å²) in [5.74, 6) is -0.00956. The maximum Gasteiger partial charge on any atom is 0.252 e. The SMILES string of the molecule is O=C(NC1CC=CCC1)c1ccc(Br)cc1Br. The predicted octanol–water partition coefficient (Wildman–Crippen LogP) is 4.05. The fraction of sp³-hybridized carbons (Fsp3) is 0.308. The van der Waals surface area contributed by atoms with Gasteiger partial charge in [0.25, 0.3) is 5.91 Å². The van der Waals surface area contributed by atoms with E-state index in [1.54, 1.807) is 0 Å². The second kappa shape index (κ2) is 5.83. The molecule has 0 radical (unpaired) electrons. The number of hydrogen-bond donors (Lipinski definition) is 1. The molecule has 0 fully saturated rings. The van der Waals surface area contributed by atoms with Crippen molar-refractivity contribution in [2.24, 2.45) is 0 Å². The number of carbonyl (C=O) groups excluding carboxylic acids is 1. The van der Waals surface area contributed by atoms with Gasteiger partial charge < -0.3 is 5.32 Å². The summed E-state index contributed by atoms with van der Waals surface area (Å²) in [5, 5.41) is 3.06. The van der Waals surface area contributed by atoms with Crippen molar-refractivity contribution in [3.05, 3.63) is 44.9 Å². The van der Waals surface area contributed by atoms with Crippen molar-refractivity contribution in [2.75, 3.05) is 0 Å². The van der Waals surface area contributed by atoms with E-state index in [2.05, 4.69) is 49.3 Å². The van der Waals surface area contributed by atoms with Gasteiger partial charge in [-0.15, -0.1) is 0 Å². The van der Waals surface area contributed by atoms with Crippen molar-refractivity contribution in [1.29, 1.82) is 0 Å². The largest absolute Gasteiger partial charge is 0.349 e. The molecule has 2 nitrogen and oxygen atoms in total. The second-order valence-electron chi connectivity index (χ2n) is 4.08. The van der Waals surface area contributed by atoms with Crippen LogP contribution in [-0.4, -0.2) is 11.9 Å². The molecule has 0 spiro atoms. The van der Waals surface area contributed by atoms with Crippen LogP contribution in [-0.2, 0) is 0 Å². The van der Waals surface area contributed by atoms with Crippen LogP contribution in [0.5, 0.6) is 0 Å². The van der Waals surface area contributed by atoms with Crippen molar-refractivity contribution in [3.8, 4) is 0 Å². The van der Waals surface area contributed by atoms with Gasteiger partial charge in [0.15, 0.2) is 0 Å². The zero-order chi connectivity index (χ0) is 12.3. The summed E-state index contributed by atoms with van der Waals surface area (Å²) in [6.45, 7) is 0. The number of rotatable bonds is 2. The highest BCUT2D eigenvalue weighted by atomic mass is 79.9. The van der Waals surface area contributed by atoms with Gasteiger partial charge in [0.05, 0.1) is 5.56 Å². The summed E-state index contributed by atoms with van der Waals surface area (Å²) < 4.78 is 1.78. The number of benzene rings is 1. The van der Waals surface area contributed by atoms with Crippen LogP contribution in [0.15, 0.2) is 39.3 Å². The molecule has 1 aromatic carbocycles. The van der Waals surface area contributed by atoms with Gasteiger partial charge in [0.1, 0.15) is 0 Å². The zero-order valence-electron chi connectivity index (χ0n) is 9.25. The molecule has 0 bridgehead atoms. The first-order valence-corrected chi connectivity index (χ1v) is 7.16. The van der Waals surface area contributed by atoms with E-state index in [9.17, 15) is 4.79 Å². The van der Waals surface area contributed by atoms with Gasteiger partial charge >= 0.3 is 0 Å². The minimum atomic E-state index is -0.00956. The van der Waals surface area contributed by atoms with E-state index in [4.69, 9.17) is 0 Å². The molecule has 0 heterocycles. The lowest BCUT2D eigenvalue weighted by Crippen LogP contribution is -2.35. The van der Waals surface area contributed by atoms with E-state index in [1.807, 2.05) is 18.2 Å². The summed E-state index contributed by atoms with van der Waals surface area (Å²) in [5.41, 5.74) is 0.683. The molecule has 0 saturated heterocycles. The van der Waals surface area contributed by atoms with Crippen LogP contribution in [0, 0.1) is 0 Å². The molecule has 1 unspecified atom stereocenters. The van der Waals surface area contributed by atoms with Crippen LogP contribution in [0.1, 0.15) is 29.6 Å². The highest BCUT2D eigenvalue weighted by Crippen LogP contribution is 2.22. The minimum absolute atomic E-state index is 0.00956. The van der Waals surface area contributed by atoms with Crippen LogP contribution in [0.3, 0.4) is 0 Å². The van der Waals surface area contributed by atoms with Gasteiger partial charge in [0.2, 0.25) is 0 Å². The Hall–Kier alpha value is -0.610. The molecule has 0 aromatic heterocycles. The molecule has 1 aromatic rings. The van der Waals surface area contributed by atoms with Crippen LogP contribution in [0.2, 0.25) is 0 Å². The predicted molar refractivity (Wildman–Crippen MR) is 76.1 cm³/mol. The fourth-order valence-corrected chi connectivity index (χ4v) is 3.09.